The molecule has 0 aliphatic carbocycles. The maximum absolute atomic E-state index is 3.88. The Morgan fingerprint density at radius 1 is 1.20 bits per heavy atom. The van der Waals surface area contributed by atoms with E-state index < -0.39 is 0 Å². The Morgan fingerprint density at radius 2 is 2.00 bits per heavy atom. The normalized spacial score (nSPS) is 27.7. The van der Waals surface area contributed by atoms with Crippen molar-refractivity contribution in [1.82, 2.24) is 10.2 Å². The monoisotopic (exact) mass is 272 g/mol. The number of fused-ring (bicyclic) bond motifs is 1. The van der Waals surface area contributed by atoms with Gasteiger partial charge < -0.3 is 5.32 Å². The summed E-state index contributed by atoms with van der Waals surface area (Å²) in [5.41, 5.74) is 2.90. The summed E-state index contributed by atoms with van der Waals surface area (Å²) in [6.07, 6.45) is 6.53. The van der Waals surface area contributed by atoms with Crippen LogP contribution in [0.15, 0.2) is 24.3 Å². The van der Waals surface area contributed by atoms with E-state index in [1.54, 1.807) is 0 Å². The second-order valence-electron chi connectivity index (χ2n) is 6.52. The Hall–Kier alpha value is -0.860. The van der Waals surface area contributed by atoms with Gasteiger partial charge in [0.05, 0.1) is 0 Å². The number of hydrogen-bond acceptors (Lipinski definition) is 2. The molecule has 2 fully saturated rings. The van der Waals surface area contributed by atoms with E-state index in [-0.39, 0.29) is 0 Å². The summed E-state index contributed by atoms with van der Waals surface area (Å²) in [6.45, 7) is 7.17. The summed E-state index contributed by atoms with van der Waals surface area (Å²) < 4.78 is 0. The predicted molar refractivity (Wildman–Crippen MR) is 85.0 cm³/mol. The molecule has 2 aliphatic rings. The van der Waals surface area contributed by atoms with Gasteiger partial charge in [0.25, 0.3) is 0 Å². The second-order valence-corrected chi connectivity index (χ2v) is 6.52. The van der Waals surface area contributed by atoms with Crippen LogP contribution in [-0.4, -0.2) is 30.1 Å². The lowest BCUT2D eigenvalue weighted by Crippen LogP contribution is -2.40. The first-order chi connectivity index (χ1) is 9.78. The van der Waals surface area contributed by atoms with E-state index in [2.05, 4.69) is 48.3 Å². The van der Waals surface area contributed by atoms with Crippen molar-refractivity contribution in [2.24, 2.45) is 0 Å². The zero-order valence-corrected chi connectivity index (χ0v) is 12.9. The van der Waals surface area contributed by atoms with Gasteiger partial charge in [0, 0.05) is 24.7 Å². The molecule has 1 N–H and O–H groups in total. The Bertz CT molecular complexity index is 426. The first-order valence-corrected chi connectivity index (χ1v) is 8.37. The molecule has 3 atom stereocenters. The molecule has 0 spiro atoms. The highest BCUT2D eigenvalue weighted by Gasteiger charge is 2.37. The number of nitrogens with zero attached hydrogens (tertiary/aromatic N) is 1. The molecule has 0 bridgehead atoms. The van der Waals surface area contributed by atoms with Gasteiger partial charge in [-0.1, -0.05) is 37.6 Å². The molecule has 2 aliphatic heterocycles. The lowest BCUT2D eigenvalue weighted by atomic mass is 10.0. The van der Waals surface area contributed by atoms with Gasteiger partial charge in [0.1, 0.15) is 0 Å². The molecule has 2 saturated heterocycles. The Balaban J connectivity index is 1.59. The van der Waals surface area contributed by atoms with Gasteiger partial charge in [-0.05, 0) is 50.3 Å². The molecule has 0 aromatic heterocycles. The van der Waals surface area contributed by atoms with Gasteiger partial charge in [-0.25, -0.2) is 0 Å². The first kappa shape index (κ1) is 14.1. The molecule has 3 unspecified atom stereocenters. The largest absolute Gasteiger partial charge is 0.306 e. The van der Waals surface area contributed by atoms with E-state index in [9.17, 15) is 0 Å². The fraction of sp³-hybridized carbons (Fsp3) is 0.667. The van der Waals surface area contributed by atoms with Crippen molar-refractivity contribution in [2.75, 3.05) is 13.1 Å². The summed E-state index contributed by atoms with van der Waals surface area (Å²) in [6, 6.07) is 11.2. The maximum atomic E-state index is 3.88. The van der Waals surface area contributed by atoms with Crippen molar-refractivity contribution in [3.63, 3.8) is 0 Å². The molecular formula is C18H28N2. The van der Waals surface area contributed by atoms with Crippen molar-refractivity contribution >= 4 is 0 Å². The van der Waals surface area contributed by atoms with Gasteiger partial charge >= 0.3 is 0 Å². The van der Waals surface area contributed by atoms with Gasteiger partial charge in [0.2, 0.25) is 0 Å². The standard InChI is InChI=1S/C18H28N2/c1-3-5-15-7-9-16(10-8-15)14(2)19-17-11-13-20-12-4-6-18(17)20/h7-10,14,17-19H,3-6,11-13H2,1-2H3. The zero-order valence-electron chi connectivity index (χ0n) is 12.9. The topological polar surface area (TPSA) is 15.3 Å². The van der Waals surface area contributed by atoms with Crippen LogP contribution in [0.25, 0.3) is 0 Å². The van der Waals surface area contributed by atoms with Crippen molar-refractivity contribution < 1.29 is 0 Å². The Labute approximate surface area is 123 Å². The molecule has 2 nitrogen and oxygen atoms in total. The molecule has 110 valence electrons. The van der Waals surface area contributed by atoms with Crippen LogP contribution in [0.1, 0.15) is 56.7 Å². The van der Waals surface area contributed by atoms with Crippen LogP contribution in [0.2, 0.25) is 0 Å². The average molecular weight is 272 g/mol. The second kappa shape index (κ2) is 6.28. The third-order valence-electron chi connectivity index (χ3n) is 5.09. The highest BCUT2D eigenvalue weighted by Crippen LogP contribution is 2.29. The fourth-order valence-electron chi connectivity index (χ4n) is 3.96. The van der Waals surface area contributed by atoms with Crippen molar-refractivity contribution in [3.05, 3.63) is 35.4 Å². The van der Waals surface area contributed by atoms with E-state index in [4.69, 9.17) is 0 Å². The Morgan fingerprint density at radius 3 is 2.75 bits per heavy atom. The van der Waals surface area contributed by atoms with Crippen LogP contribution in [0.5, 0.6) is 0 Å². The summed E-state index contributed by atoms with van der Waals surface area (Å²) >= 11 is 0. The van der Waals surface area contributed by atoms with Crippen LogP contribution in [0, 0.1) is 0 Å². The van der Waals surface area contributed by atoms with Crippen LogP contribution in [0.3, 0.4) is 0 Å². The number of rotatable bonds is 5. The highest BCUT2D eigenvalue weighted by atomic mass is 15.2. The SMILES string of the molecule is CCCc1ccc(C(C)NC2CCN3CCCC23)cc1. The van der Waals surface area contributed by atoms with E-state index >= 15 is 0 Å². The molecule has 0 amide bonds. The number of aryl methyl sites for hydroxylation is 1. The predicted octanol–water partition coefficient (Wildman–Crippen LogP) is 3.53. The third-order valence-corrected chi connectivity index (χ3v) is 5.09. The Kier molecular flexibility index (Phi) is 4.42. The quantitative estimate of drug-likeness (QED) is 0.882. The molecule has 2 heteroatoms. The van der Waals surface area contributed by atoms with E-state index in [0.29, 0.717) is 12.1 Å². The maximum Gasteiger partial charge on any atom is 0.0295 e. The highest BCUT2D eigenvalue weighted by molar-refractivity contribution is 5.25. The minimum atomic E-state index is 0.469. The van der Waals surface area contributed by atoms with E-state index in [0.717, 1.165) is 6.04 Å². The van der Waals surface area contributed by atoms with Crippen LogP contribution in [-0.2, 0) is 6.42 Å². The molecule has 0 saturated carbocycles. The third kappa shape index (κ3) is 2.91. The summed E-state index contributed by atoms with van der Waals surface area (Å²) in [7, 11) is 0. The molecule has 3 rings (SSSR count). The van der Waals surface area contributed by atoms with Gasteiger partial charge in [-0.15, -0.1) is 0 Å². The minimum absolute atomic E-state index is 0.469. The molecule has 20 heavy (non-hydrogen) atoms. The van der Waals surface area contributed by atoms with Crippen molar-refractivity contribution in [2.45, 2.75) is 64.1 Å². The number of nitrogens with one attached hydrogen (secondary N) is 1. The lowest BCUT2D eigenvalue weighted by Gasteiger charge is -2.25. The number of benzene rings is 1. The van der Waals surface area contributed by atoms with Crippen molar-refractivity contribution in [3.8, 4) is 0 Å². The molecule has 1 aromatic rings. The van der Waals surface area contributed by atoms with Crippen molar-refractivity contribution in [1.29, 1.82) is 0 Å². The minimum Gasteiger partial charge on any atom is -0.306 e. The molecule has 1 aromatic carbocycles. The smallest absolute Gasteiger partial charge is 0.0295 e. The lowest BCUT2D eigenvalue weighted by molar-refractivity contribution is 0.291. The van der Waals surface area contributed by atoms with Crippen LogP contribution >= 0.6 is 0 Å². The van der Waals surface area contributed by atoms with Crippen LogP contribution < -0.4 is 5.32 Å². The van der Waals surface area contributed by atoms with E-state index in [1.807, 2.05) is 0 Å². The van der Waals surface area contributed by atoms with E-state index in [1.165, 1.54) is 56.3 Å². The number of hydrogen-bond donors (Lipinski definition) is 1. The summed E-state index contributed by atoms with van der Waals surface area (Å²) in [5, 5.41) is 3.88. The van der Waals surface area contributed by atoms with Gasteiger partial charge in [0.15, 0.2) is 0 Å². The molecular weight excluding hydrogens is 244 g/mol. The first-order valence-electron chi connectivity index (χ1n) is 8.37. The molecule has 0 radical (unpaired) electrons. The van der Waals surface area contributed by atoms with Gasteiger partial charge in [-0.3, -0.25) is 4.90 Å². The fourth-order valence-corrected chi connectivity index (χ4v) is 3.96. The van der Waals surface area contributed by atoms with Crippen LogP contribution in [0.4, 0.5) is 0 Å². The average Bonchev–Trinajstić information content (AvgIpc) is 3.05. The summed E-state index contributed by atoms with van der Waals surface area (Å²) in [5.74, 6) is 0. The van der Waals surface area contributed by atoms with Gasteiger partial charge in [-0.2, -0.15) is 0 Å². The molecule has 2 heterocycles. The zero-order chi connectivity index (χ0) is 13.9. The summed E-state index contributed by atoms with van der Waals surface area (Å²) in [4.78, 5) is 2.68.